The average molecular weight is 560 g/mol. The number of anilines is 1. The molecule has 7 nitrogen and oxygen atoms in total. The lowest BCUT2D eigenvalue weighted by atomic mass is 9.91. The maximum absolute atomic E-state index is 13.5. The van der Waals surface area contributed by atoms with Crippen LogP contribution in [0.5, 0.6) is 0 Å². The third-order valence-electron chi connectivity index (χ3n) is 7.81. The van der Waals surface area contributed by atoms with E-state index in [0.29, 0.717) is 29.9 Å². The fraction of sp³-hybridized carbons (Fsp3) is 0.464. The van der Waals surface area contributed by atoms with Gasteiger partial charge in [0.1, 0.15) is 28.3 Å². The third-order valence-corrected chi connectivity index (χ3v) is 8.10. The van der Waals surface area contributed by atoms with Crippen LogP contribution < -0.4 is 5.32 Å². The highest BCUT2D eigenvalue weighted by Gasteiger charge is 2.49. The number of aryl methyl sites for hydroxylation is 1. The summed E-state index contributed by atoms with van der Waals surface area (Å²) in [6.07, 6.45) is 2.65. The quantitative estimate of drug-likeness (QED) is 0.394. The van der Waals surface area contributed by atoms with Crippen molar-refractivity contribution in [3.05, 3.63) is 64.7 Å². The summed E-state index contributed by atoms with van der Waals surface area (Å²) >= 11 is 5.85. The molecule has 39 heavy (non-hydrogen) atoms. The molecule has 2 aromatic heterocycles. The molecule has 206 valence electrons. The Hall–Kier alpha value is -3.29. The number of halogens is 4. The minimum absolute atomic E-state index is 0.0328. The van der Waals surface area contributed by atoms with Gasteiger partial charge in [0.25, 0.3) is 12.3 Å². The van der Waals surface area contributed by atoms with Crippen molar-refractivity contribution in [2.75, 3.05) is 5.32 Å². The van der Waals surface area contributed by atoms with E-state index in [-0.39, 0.29) is 34.4 Å². The molecule has 0 spiro atoms. The van der Waals surface area contributed by atoms with Crippen LogP contribution in [0.3, 0.4) is 0 Å². The van der Waals surface area contributed by atoms with E-state index in [1.807, 2.05) is 0 Å². The second kappa shape index (κ2) is 10.0. The number of alkyl halides is 2. The molecule has 2 N–H and O–H groups in total. The molecule has 5 rings (SSSR count). The monoisotopic (exact) mass is 559 g/mol. The van der Waals surface area contributed by atoms with E-state index in [4.69, 9.17) is 11.6 Å². The Labute approximate surface area is 229 Å². The molecule has 0 radical (unpaired) electrons. The lowest BCUT2D eigenvalue weighted by Gasteiger charge is -2.23. The van der Waals surface area contributed by atoms with Crippen LogP contribution in [-0.4, -0.2) is 35.9 Å². The first kappa shape index (κ1) is 27.3. The van der Waals surface area contributed by atoms with Crippen LogP contribution in [0.25, 0.3) is 0 Å². The molecule has 2 atom stereocenters. The van der Waals surface area contributed by atoms with Crippen LogP contribution in [0.15, 0.2) is 36.8 Å². The molecule has 1 aromatic carbocycles. The Balaban J connectivity index is 1.28. The van der Waals surface area contributed by atoms with Gasteiger partial charge in [0.05, 0.1) is 17.0 Å². The molecule has 2 unspecified atom stereocenters. The second-order valence-electron chi connectivity index (χ2n) is 11.1. The number of nitrogens with one attached hydrogen (secondary N) is 1. The van der Waals surface area contributed by atoms with Gasteiger partial charge >= 0.3 is 0 Å². The highest BCUT2D eigenvalue weighted by molar-refractivity contribution is 6.31. The van der Waals surface area contributed by atoms with E-state index in [0.717, 1.165) is 12.8 Å². The van der Waals surface area contributed by atoms with Crippen molar-refractivity contribution in [1.82, 2.24) is 19.3 Å². The molecule has 2 saturated carbocycles. The zero-order valence-corrected chi connectivity index (χ0v) is 22.5. The second-order valence-corrected chi connectivity index (χ2v) is 11.5. The number of carbonyl (C=O) groups is 1. The van der Waals surface area contributed by atoms with Crippen LogP contribution in [0.4, 0.5) is 18.9 Å². The van der Waals surface area contributed by atoms with E-state index in [9.17, 15) is 23.1 Å². The molecule has 0 bridgehead atoms. The molecule has 0 saturated heterocycles. The maximum atomic E-state index is 13.5. The van der Waals surface area contributed by atoms with Gasteiger partial charge < -0.3 is 15.0 Å². The van der Waals surface area contributed by atoms with Crippen LogP contribution in [0, 0.1) is 29.5 Å². The van der Waals surface area contributed by atoms with Crippen LogP contribution >= 0.6 is 11.6 Å². The van der Waals surface area contributed by atoms with Crippen molar-refractivity contribution in [1.29, 1.82) is 0 Å². The number of benzene rings is 1. The van der Waals surface area contributed by atoms with Gasteiger partial charge in [-0.05, 0) is 75.6 Å². The predicted molar refractivity (Wildman–Crippen MR) is 140 cm³/mol. The summed E-state index contributed by atoms with van der Waals surface area (Å²) in [5, 5.41) is 18.0. The highest BCUT2D eigenvalue weighted by Crippen LogP contribution is 2.54. The largest absolute Gasteiger partial charge is 0.378 e. The number of carbonyl (C=O) groups excluding carboxylic acids is 1. The molecular weight excluding hydrogens is 531 g/mol. The normalized spacial score (nSPS) is 24.5. The van der Waals surface area contributed by atoms with Crippen molar-refractivity contribution >= 4 is 23.2 Å². The third kappa shape index (κ3) is 5.30. The van der Waals surface area contributed by atoms with E-state index < -0.39 is 23.4 Å². The summed E-state index contributed by atoms with van der Waals surface area (Å²) in [5.74, 6) is 5.45. The van der Waals surface area contributed by atoms with Crippen molar-refractivity contribution < 1.29 is 23.1 Å². The van der Waals surface area contributed by atoms with E-state index in [1.54, 1.807) is 31.8 Å². The first-order valence-electron chi connectivity index (χ1n) is 12.7. The molecule has 1 amide bonds. The minimum Gasteiger partial charge on any atom is -0.378 e. The summed E-state index contributed by atoms with van der Waals surface area (Å²) in [6, 6.07) is 5.26. The smallest absolute Gasteiger partial charge is 0.280 e. The number of aliphatic hydroxyl groups is 1. The van der Waals surface area contributed by atoms with Crippen molar-refractivity contribution in [2.45, 2.75) is 63.0 Å². The summed E-state index contributed by atoms with van der Waals surface area (Å²) in [5.41, 5.74) is -0.967. The molecule has 3 aromatic rings. The Bertz CT molecular complexity index is 1460. The minimum atomic E-state index is -2.67. The topological polar surface area (TPSA) is 85.0 Å². The average Bonchev–Trinajstić information content (AvgIpc) is 3.63. The Morgan fingerprint density at radius 1 is 1.26 bits per heavy atom. The standard InChI is InChI=1S/C28H29ClF3N5O2/c1-27(2,37-22(25(31)32)6-9-34-37)7-8-28(39)13-17-10-16(11-18(17)14-28)23-24(36(3)15-33-23)26(38)35-19-4-5-21(30)20(29)12-19/h4-6,9,12,15-18,25,39H,10-11,13-14H2,1-3H3,(H,35,38). The van der Waals surface area contributed by atoms with E-state index in [1.165, 1.54) is 35.1 Å². The van der Waals surface area contributed by atoms with Gasteiger partial charge in [-0.3, -0.25) is 4.79 Å². The summed E-state index contributed by atoms with van der Waals surface area (Å²) in [4.78, 5) is 17.7. The zero-order valence-electron chi connectivity index (χ0n) is 21.8. The van der Waals surface area contributed by atoms with Crippen LogP contribution in [-0.2, 0) is 12.6 Å². The number of hydrogen-bond acceptors (Lipinski definition) is 4. The number of hydrogen-bond donors (Lipinski definition) is 2. The molecule has 2 fully saturated rings. The van der Waals surface area contributed by atoms with Gasteiger partial charge in [-0.15, -0.1) is 0 Å². The summed E-state index contributed by atoms with van der Waals surface area (Å²) in [7, 11) is 1.74. The number of fused-ring (bicyclic) bond motifs is 1. The van der Waals surface area contributed by atoms with Crippen molar-refractivity contribution in [3.8, 4) is 11.8 Å². The fourth-order valence-electron chi connectivity index (χ4n) is 6.04. The number of aromatic nitrogens is 4. The van der Waals surface area contributed by atoms with E-state index in [2.05, 4.69) is 27.2 Å². The zero-order chi connectivity index (χ0) is 28.1. The predicted octanol–water partition coefficient (Wildman–Crippen LogP) is 5.67. The molecular formula is C28H29ClF3N5O2. The molecule has 0 aliphatic heterocycles. The lowest BCUT2D eigenvalue weighted by Crippen LogP contribution is -2.30. The SMILES string of the molecule is Cn1cnc(C2CC3CC(O)(C#CC(C)(C)n4nccc4C(F)F)CC3C2)c1C(=O)Nc1ccc(F)c(Cl)c1. The van der Waals surface area contributed by atoms with Gasteiger partial charge in [0.2, 0.25) is 0 Å². The number of nitrogens with zero attached hydrogens (tertiary/aromatic N) is 4. The number of imidazole rings is 1. The number of amides is 1. The van der Waals surface area contributed by atoms with Gasteiger partial charge in [-0.1, -0.05) is 23.4 Å². The highest BCUT2D eigenvalue weighted by atomic mass is 35.5. The van der Waals surface area contributed by atoms with Crippen LogP contribution in [0.1, 0.15) is 73.8 Å². The van der Waals surface area contributed by atoms with Crippen molar-refractivity contribution in [2.24, 2.45) is 18.9 Å². The van der Waals surface area contributed by atoms with Gasteiger partial charge in [0.15, 0.2) is 0 Å². The molecule has 2 heterocycles. The van der Waals surface area contributed by atoms with Crippen LogP contribution in [0.2, 0.25) is 5.02 Å². The molecule has 2 aliphatic rings. The van der Waals surface area contributed by atoms with Crippen molar-refractivity contribution in [3.63, 3.8) is 0 Å². The fourth-order valence-corrected chi connectivity index (χ4v) is 6.22. The van der Waals surface area contributed by atoms with Gasteiger partial charge in [-0.25, -0.2) is 22.8 Å². The van der Waals surface area contributed by atoms with Gasteiger partial charge in [0, 0.05) is 24.8 Å². The number of rotatable bonds is 5. The maximum Gasteiger partial charge on any atom is 0.280 e. The lowest BCUT2D eigenvalue weighted by molar-refractivity contribution is 0.0974. The summed E-state index contributed by atoms with van der Waals surface area (Å²) in [6.45, 7) is 3.39. The first-order chi connectivity index (χ1) is 18.4. The first-order valence-corrected chi connectivity index (χ1v) is 13.1. The molecule has 2 aliphatic carbocycles. The Kier molecular flexibility index (Phi) is 7.02. The van der Waals surface area contributed by atoms with Gasteiger partial charge in [-0.2, -0.15) is 5.10 Å². The Morgan fingerprint density at radius 2 is 1.95 bits per heavy atom. The van der Waals surface area contributed by atoms with E-state index >= 15 is 0 Å². The molecule has 11 heteroatoms. The Morgan fingerprint density at radius 3 is 2.59 bits per heavy atom. The summed E-state index contributed by atoms with van der Waals surface area (Å²) < 4.78 is 43.1.